The summed E-state index contributed by atoms with van der Waals surface area (Å²) in [6.07, 6.45) is 3.08. The third-order valence-corrected chi connectivity index (χ3v) is 3.08. The fourth-order valence-electron chi connectivity index (χ4n) is 2.36. The Morgan fingerprint density at radius 2 is 2.33 bits per heavy atom. The molecule has 0 radical (unpaired) electrons. The van der Waals surface area contributed by atoms with E-state index < -0.39 is 0 Å². The number of ketones is 1. The minimum Gasteiger partial charge on any atom is -0.302 e. The highest BCUT2D eigenvalue weighted by Crippen LogP contribution is 2.33. The monoisotopic (exact) mass is 169 g/mol. The Bertz CT molecular complexity index is 193. The first-order valence-electron chi connectivity index (χ1n) is 4.63. The molecule has 68 valence electrons. The second-order valence-electron chi connectivity index (χ2n) is 3.75. The Balaban J connectivity index is 2.04. The number of hydroxylamine groups is 2. The van der Waals surface area contributed by atoms with Crippen molar-refractivity contribution in [1.29, 1.82) is 0 Å². The lowest BCUT2D eigenvalue weighted by Crippen LogP contribution is -2.27. The zero-order valence-electron chi connectivity index (χ0n) is 7.45. The van der Waals surface area contributed by atoms with Crippen molar-refractivity contribution in [2.24, 2.45) is 11.8 Å². The normalized spacial score (nSPS) is 36.9. The molecule has 1 saturated carbocycles. The molecule has 2 atom stereocenters. The van der Waals surface area contributed by atoms with Crippen LogP contribution in [0.5, 0.6) is 0 Å². The van der Waals surface area contributed by atoms with E-state index in [0.717, 1.165) is 25.9 Å². The van der Waals surface area contributed by atoms with Gasteiger partial charge in [-0.05, 0) is 18.8 Å². The second-order valence-corrected chi connectivity index (χ2v) is 3.75. The number of fused-ring (bicyclic) bond motifs is 1. The molecule has 0 N–H and O–H groups in total. The number of carbonyl (C=O) groups excluding carboxylic acids is 1. The fraction of sp³-hybridized carbons (Fsp3) is 0.889. The maximum absolute atomic E-state index is 11.5. The molecule has 12 heavy (non-hydrogen) atoms. The van der Waals surface area contributed by atoms with Gasteiger partial charge in [0.15, 0.2) is 0 Å². The molecular formula is C9H15NO2. The van der Waals surface area contributed by atoms with Crippen molar-refractivity contribution in [2.45, 2.75) is 19.3 Å². The highest BCUT2D eigenvalue weighted by atomic mass is 16.7. The molecule has 2 unspecified atom stereocenters. The minimum atomic E-state index is 0.277. The van der Waals surface area contributed by atoms with Crippen LogP contribution >= 0.6 is 0 Å². The van der Waals surface area contributed by atoms with Crippen LogP contribution in [0.1, 0.15) is 19.3 Å². The smallest absolute Gasteiger partial charge is 0.137 e. The van der Waals surface area contributed by atoms with Crippen molar-refractivity contribution >= 4 is 5.78 Å². The standard InChI is InChI=1S/C9H15NO2/c1-12-10-5-7-3-2-4-9(11)8(7)6-10/h7-8H,2-6H2,1H3. The van der Waals surface area contributed by atoms with Crippen LogP contribution in [0.2, 0.25) is 0 Å². The topological polar surface area (TPSA) is 29.5 Å². The average Bonchev–Trinajstić information content (AvgIpc) is 2.49. The van der Waals surface area contributed by atoms with E-state index in [1.54, 1.807) is 7.11 Å². The van der Waals surface area contributed by atoms with Crippen LogP contribution in [-0.4, -0.2) is 31.0 Å². The molecule has 2 aliphatic rings. The summed E-state index contributed by atoms with van der Waals surface area (Å²) in [6, 6.07) is 0. The van der Waals surface area contributed by atoms with Gasteiger partial charge in [0.25, 0.3) is 0 Å². The van der Waals surface area contributed by atoms with E-state index in [4.69, 9.17) is 4.84 Å². The van der Waals surface area contributed by atoms with E-state index in [9.17, 15) is 4.79 Å². The van der Waals surface area contributed by atoms with Crippen molar-refractivity contribution < 1.29 is 9.63 Å². The van der Waals surface area contributed by atoms with Crippen LogP contribution < -0.4 is 0 Å². The molecule has 3 nitrogen and oxygen atoms in total. The van der Waals surface area contributed by atoms with E-state index in [0.29, 0.717) is 11.7 Å². The largest absolute Gasteiger partial charge is 0.302 e. The van der Waals surface area contributed by atoms with Gasteiger partial charge in [0, 0.05) is 25.4 Å². The van der Waals surface area contributed by atoms with Gasteiger partial charge in [-0.2, -0.15) is 5.06 Å². The number of carbonyl (C=O) groups is 1. The average molecular weight is 169 g/mol. The number of hydrogen-bond donors (Lipinski definition) is 0. The molecule has 0 bridgehead atoms. The number of Topliss-reactive ketones (excluding diaryl/α,β-unsaturated/α-hetero) is 1. The van der Waals surface area contributed by atoms with Crippen LogP contribution in [0.4, 0.5) is 0 Å². The zero-order valence-corrected chi connectivity index (χ0v) is 7.45. The molecule has 0 spiro atoms. The Kier molecular flexibility index (Phi) is 2.15. The van der Waals surface area contributed by atoms with E-state index in [1.165, 1.54) is 6.42 Å². The summed E-state index contributed by atoms with van der Waals surface area (Å²) < 4.78 is 0. The first-order valence-corrected chi connectivity index (χ1v) is 4.63. The predicted octanol–water partition coefficient (Wildman–Crippen LogP) is 0.849. The molecule has 1 saturated heterocycles. The van der Waals surface area contributed by atoms with Crippen LogP contribution in [0.15, 0.2) is 0 Å². The highest BCUT2D eigenvalue weighted by molar-refractivity contribution is 5.82. The first kappa shape index (κ1) is 8.20. The van der Waals surface area contributed by atoms with Gasteiger partial charge in [0.05, 0.1) is 7.11 Å². The lowest BCUT2D eigenvalue weighted by Gasteiger charge is -2.21. The molecule has 0 aromatic rings. The van der Waals surface area contributed by atoms with Gasteiger partial charge in [-0.15, -0.1) is 0 Å². The summed E-state index contributed by atoms with van der Waals surface area (Å²) in [5.41, 5.74) is 0. The Labute approximate surface area is 72.6 Å². The molecule has 0 aromatic heterocycles. The minimum absolute atomic E-state index is 0.277. The quantitative estimate of drug-likeness (QED) is 0.582. The lowest BCUT2D eigenvalue weighted by molar-refractivity contribution is -0.129. The highest BCUT2D eigenvalue weighted by Gasteiger charge is 2.39. The van der Waals surface area contributed by atoms with Gasteiger partial charge in [0.1, 0.15) is 5.78 Å². The summed E-state index contributed by atoms with van der Waals surface area (Å²) in [5.74, 6) is 1.30. The SMILES string of the molecule is CON1CC2CCCC(=O)C2C1. The third kappa shape index (κ3) is 1.27. The summed E-state index contributed by atoms with van der Waals surface area (Å²) in [5, 5.41) is 1.92. The van der Waals surface area contributed by atoms with Crippen LogP contribution in [0, 0.1) is 11.8 Å². The van der Waals surface area contributed by atoms with Crippen molar-refractivity contribution in [3.63, 3.8) is 0 Å². The zero-order chi connectivity index (χ0) is 8.55. The summed E-state index contributed by atoms with van der Waals surface area (Å²) in [4.78, 5) is 16.6. The van der Waals surface area contributed by atoms with Crippen molar-refractivity contribution in [2.75, 3.05) is 20.2 Å². The van der Waals surface area contributed by atoms with Crippen LogP contribution in [-0.2, 0) is 9.63 Å². The van der Waals surface area contributed by atoms with E-state index in [-0.39, 0.29) is 5.92 Å². The van der Waals surface area contributed by atoms with E-state index >= 15 is 0 Å². The molecular weight excluding hydrogens is 154 g/mol. The number of rotatable bonds is 1. The summed E-state index contributed by atoms with van der Waals surface area (Å²) in [7, 11) is 1.68. The molecule has 3 heteroatoms. The number of nitrogens with zero attached hydrogens (tertiary/aromatic N) is 1. The van der Waals surface area contributed by atoms with Gasteiger partial charge in [-0.25, -0.2) is 0 Å². The molecule has 1 heterocycles. The Hall–Kier alpha value is -0.410. The van der Waals surface area contributed by atoms with Gasteiger partial charge in [-0.3, -0.25) is 4.79 Å². The van der Waals surface area contributed by atoms with Gasteiger partial charge in [0.2, 0.25) is 0 Å². The molecule has 1 aliphatic carbocycles. The second kappa shape index (κ2) is 3.15. The Morgan fingerprint density at radius 1 is 1.50 bits per heavy atom. The maximum atomic E-state index is 11.5. The third-order valence-electron chi connectivity index (χ3n) is 3.08. The lowest BCUT2D eigenvalue weighted by atomic mass is 9.81. The maximum Gasteiger partial charge on any atom is 0.137 e. The van der Waals surface area contributed by atoms with Gasteiger partial charge in [-0.1, -0.05) is 0 Å². The molecule has 2 rings (SSSR count). The van der Waals surface area contributed by atoms with Crippen molar-refractivity contribution in [3.05, 3.63) is 0 Å². The van der Waals surface area contributed by atoms with Crippen molar-refractivity contribution in [3.8, 4) is 0 Å². The van der Waals surface area contributed by atoms with Gasteiger partial charge >= 0.3 is 0 Å². The number of hydrogen-bond acceptors (Lipinski definition) is 3. The van der Waals surface area contributed by atoms with Crippen molar-refractivity contribution in [1.82, 2.24) is 5.06 Å². The Morgan fingerprint density at radius 3 is 3.00 bits per heavy atom. The van der Waals surface area contributed by atoms with E-state index in [2.05, 4.69) is 0 Å². The first-order chi connectivity index (χ1) is 5.81. The van der Waals surface area contributed by atoms with Crippen LogP contribution in [0.3, 0.4) is 0 Å². The predicted molar refractivity (Wildman–Crippen MR) is 44.4 cm³/mol. The summed E-state index contributed by atoms with van der Waals surface area (Å²) >= 11 is 0. The summed E-state index contributed by atoms with van der Waals surface area (Å²) in [6.45, 7) is 1.77. The molecule has 0 amide bonds. The van der Waals surface area contributed by atoms with Crippen LogP contribution in [0.25, 0.3) is 0 Å². The van der Waals surface area contributed by atoms with E-state index in [1.807, 2.05) is 5.06 Å². The molecule has 0 aromatic carbocycles. The fourth-order valence-corrected chi connectivity index (χ4v) is 2.36. The van der Waals surface area contributed by atoms with Gasteiger partial charge < -0.3 is 4.84 Å². The molecule has 2 fully saturated rings. The molecule has 1 aliphatic heterocycles.